The molecule has 0 spiro atoms. The first kappa shape index (κ1) is 18.6. The quantitative estimate of drug-likeness (QED) is 0.867. The summed E-state index contributed by atoms with van der Waals surface area (Å²) in [6.07, 6.45) is 3.65. The van der Waals surface area contributed by atoms with E-state index in [0.717, 1.165) is 61.9 Å². The lowest BCUT2D eigenvalue weighted by Gasteiger charge is -2.34. The average Bonchev–Trinajstić information content (AvgIpc) is 2.67. The van der Waals surface area contributed by atoms with Crippen LogP contribution in [0.3, 0.4) is 0 Å². The van der Waals surface area contributed by atoms with E-state index in [9.17, 15) is 9.59 Å². The fourth-order valence-electron chi connectivity index (χ4n) is 3.52. The highest BCUT2D eigenvalue weighted by Crippen LogP contribution is 2.16. The Labute approximate surface area is 155 Å². The van der Waals surface area contributed by atoms with Crippen molar-refractivity contribution in [3.05, 3.63) is 45.7 Å². The van der Waals surface area contributed by atoms with Crippen molar-refractivity contribution in [1.82, 2.24) is 14.8 Å². The predicted molar refractivity (Wildman–Crippen MR) is 105 cm³/mol. The Kier molecular flexibility index (Phi) is 6.09. The lowest BCUT2D eigenvalue weighted by molar-refractivity contribution is -0.133. The number of nitrogens with zero attached hydrogens (tertiary/aromatic N) is 2. The van der Waals surface area contributed by atoms with Gasteiger partial charge in [0.25, 0.3) is 5.56 Å². The van der Waals surface area contributed by atoms with E-state index < -0.39 is 0 Å². The second kappa shape index (κ2) is 8.49. The van der Waals surface area contributed by atoms with Crippen LogP contribution < -0.4 is 5.56 Å². The number of aromatic amines is 1. The normalized spacial score (nSPS) is 15.5. The third-order valence-electron chi connectivity index (χ3n) is 5.26. The van der Waals surface area contributed by atoms with Crippen molar-refractivity contribution in [2.24, 2.45) is 0 Å². The molecular weight excluding hydrogens is 326 g/mol. The molecule has 5 heteroatoms. The van der Waals surface area contributed by atoms with E-state index in [4.69, 9.17) is 0 Å². The number of amides is 1. The molecule has 0 aliphatic carbocycles. The maximum Gasteiger partial charge on any atom is 0.252 e. The van der Waals surface area contributed by atoms with Gasteiger partial charge in [-0.2, -0.15) is 0 Å². The molecule has 0 radical (unpaired) electrons. The Morgan fingerprint density at radius 2 is 1.88 bits per heavy atom. The molecule has 1 aliphatic heterocycles. The summed E-state index contributed by atoms with van der Waals surface area (Å²) in [5.41, 5.74) is 2.96. The molecule has 0 bridgehead atoms. The van der Waals surface area contributed by atoms with Crippen LogP contribution in [-0.4, -0.2) is 46.9 Å². The summed E-state index contributed by atoms with van der Waals surface area (Å²) in [5.74, 6) is 0.266. The van der Waals surface area contributed by atoms with Crippen LogP contribution in [0.2, 0.25) is 0 Å². The van der Waals surface area contributed by atoms with Gasteiger partial charge in [0.15, 0.2) is 0 Å². The molecule has 5 nitrogen and oxygen atoms in total. The summed E-state index contributed by atoms with van der Waals surface area (Å²) >= 11 is 0. The van der Waals surface area contributed by atoms with Crippen LogP contribution in [0, 0.1) is 0 Å². The maximum atomic E-state index is 12.4. The molecule has 0 atom stereocenters. The zero-order valence-corrected chi connectivity index (χ0v) is 15.9. The Morgan fingerprint density at radius 3 is 2.58 bits per heavy atom. The van der Waals surface area contributed by atoms with E-state index in [-0.39, 0.29) is 11.5 Å². The minimum absolute atomic E-state index is 0.0109. The van der Waals surface area contributed by atoms with Gasteiger partial charge in [-0.3, -0.25) is 14.5 Å². The standard InChI is InChI=1S/C21H29N3O2/c1-3-5-6-20(25)24-11-9-23(10-12-24)15-18-14-17-13-16(4-2)7-8-19(17)22-21(18)26/h7-8,13-14H,3-6,9-12,15H2,1-2H3,(H,22,26). The SMILES string of the molecule is CCCCC(=O)N1CCN(Cc2cc3cc(CC)ccc3[nH]c2=O)CC1. The van der Waals surface area contributed by atoms with Gasteiger partial charge in [-0.15, -0.1) is 0 Å². The number of aryl methyl sites for hydroxylation is 1. The van der Waals surface area contributed by atoms with E-state index in [2.05, 4.69) is 35.9 Å². The number of pyridine rings is 1. The van der Waals surface area contributed by atoms with Crippen molar-refractivity contribution in [1.29, 1.82) is 0 Å². The van der Waals surface area contributed by atoms with Gasteiger partial charge in [-0.05, 0) is 42.0 Å². The molecule has 0 unspecified atom stereocenters. The largest absolute Gasteiger partial charge is 0.340 e. The van der Waals surface area contributed by atoms with Gasteiger partial charge in [0.2, 0.25) is 5.91 Å². The van der Waals surface area contributed by atoms with Crippen molar-refractivity contribution in [3.8, 4) is 0 Å². The summed E-state index contributed by atoms with van der Waals surface area (Å²) in [6.45, 7) is 8.04. The summed E-state index contributed by atoms with van der Waals surface area (Å²) in [4.78, 5) is 31.8. The number of hydrogen-bond donors (Lipinski definition) is 1. The number of H-pyrrole nitrogens is 1. The van der Waals surface area contributed by atoms with E-state index in [1.165, 1.54) is 5.56 Å². The highest BCUT2D eigenvalue weighted by molar-refractivity contribution is 5.79. The number of aromatic nitrogens is 1. The third kappa shape index (κ3) is 4.33. The Morgan fingerprint density at radius 1 is 1.12 bits per heavy atom. The van der Waals surface area contributed by atoms with E-state index in [1.54, 1.807) is 0 Å². The Hall–Kier alpha value is -2.14. The highest BCUT2D eigenvalue weighted by atomic mass is 16.2. The van der Waals surface area contributed by atoms with Crippen LogP contribution in [0.25, 0.3) is 10.9 Å². The molecule has 3 rings (SSSR count). The smallest absolute Gasteiger partial charge is 0.252 e. The average molecular weight is 355 g/mol. The van der Waals surface area contributed by atoms with Gasteiger partial charge in [0.1, 0.15) is 0 Å². The lowest BCUT2D eigenvalue weighted by atomic mass is 10.1. The fourth-order valence-corrected chi connectivity index (χ4v) is 3.52. The second-order valence-corrected chi connectivity index (χ2v) is 7.16. The number of carbonyl (C=O) groups excluding carboxylic acids is 1. The summed E-state index contributed by atoms with van der Waals surface area (Å²) < 4.78 is 0. The van der Waals surface area contributed by atoms with Crippen molar-refractivity contribution < 1.29 is 4.79 Å². The van der Waals surface area contributed by atoms with Gasteiger partial charge < -0.3 is 9.88 Å². The van der Waals surface area contributed by atoms with Crippen LogP contribution >= 0.6 is 0 Å². The molecule has 1 aromatic heterocycles. The zero-order chi connectivity index (χ0) is 18.5. The molecule has 1 aliphatic rings. The van der Waals surface area contributed by atoms with Gasteiger partial charge in [0.05, 0.1) is 0 Å². The summed E-state index contributed by atoms with van der Waals surface area (Å²) in [5, 5.41) is 1.09. The molecule has 2 heterocycles. The highest BCUT2D eigenvalue weighted by Gasteiger charge is 2.21. The van der Waals surface area contributed by atoms with Crippen LogP contribution in [0.5, 0.6) is 0 Å². The molecule has 2 aromatic rings. The van der Waals surface area contributed by atoms with E-state index in [0.29, 0.717) is 13.0 Å². The number of hydrogen-bond acceptors (Lipinski definition) is 3. The minimum atomic E-state index is -0.0109. The van der Waals surface area contributed by atoms with E-state index in [1.807, 2.05) is 17.0 Å². The molecule has 1 N–H and O–H groups in total. The number of piperazine rings is 1. The van der Waals surface area contributed by atoms with Gasteiger partial charge in [0, 0.05) is 50.2 Å². The molecular formula is C21H29N3O2. The first-order valence-electron chi connectivity index (χ1n) is 9.75. The lowest BCUT2D eigenvalue weighted by Crippen LogP contribution is -2.48. The van der Waals surface area contributed by atoms with Crippen molar-refractivity contribution in [3.63, 3.8) is 0 Å². The number of carbonyl (C=O) groups is 1. The monoisotopic (exact) mass is 355 g/mol. The topological polar surface area (TPSA) is 56.4 Å². The molecule has 26 heavy (non-hydrogen) atoms. The molecule has 140 valence electrons. The summed E-state index contributed by atoms with van der Waals surface area (Å²) in [7, 11) is 0. The number of unbranched alkanes of at least 4 members (excludes halogenated alkanes) is 1. The third-order valence-corrected chi connectivity index (χ3v) is 5.26. The zero-order valence-electron chi connectivity index (χ0n) is 15.9. The van der Waals surface area contributed by atoms with E-state index >= 15 is 0 Å². The summed E-state index contributed by atoms with van der Waals surface area (Å²) in [6, 6.07) is 8.22. The van der Waals surface area contributed by atoms with Crippen molar-refractivity contribution in [2.75, 3.05) is 26.2 Å². The fraction of sp³-hybridized carbons (Fsp3) is 0.524. The van der Waals surface area contributed by atoms with Crippen molar-refractivity contribution >= 4 is 16.8 Å². The Bertz CT molecular complexity index is 820. The molecule has 1 fully saturated rings. The van der Waals surface area contributed by atoms with Gasteiger partial charge >= 0.3 is 0 Å². The van der Waals surface area contributed by atoms with Crippen LogP contribution in [-0.2, 0) is 17.8 Å². The number of nitrogens with one attached hydrogen (secondary N) is 1. The molecule has 1 aromatic carbocycles. The number of rotatable bonds is 6. The number of benzene rings is 1. The van der Waals surface area contributed by atoms with Gasteiger partial charge in [-0.25, -0.2) is 0 Å². The first-order chi connectivity index (χ1) is 12.6. The van der Waals surface area contributed by atoms with Crippen LogP contribution in [0.4, 0.5) is 0 Å². The number of fused-ring (bicyclic) bond motifs is 1. The molecule has 0 saturated carbocycles. The van der Waals surface area contributed by atoms with Crippen LogP contribution in [0.15, 0.2) is 29.1 Å². The Balaban J connectivity index is 1.65. The van der Waals surface area contributed by atoms with Crippen LogP contribution in [0.1, 0.15) is 44.2 Å². The molecule has 1 saturated heterocycles. The predicted octanol–water partition coefficient (Wildman–Crippen LogP) is 2.92. The van der Waals surface area contributed by atoms with Gasteiger partial charge in [-0.1, -0.05) is 26.3 Å². The second-order valence-electron chi connectivity index (χ2n) is 7.16. The molecule has 1 amide bonds. The maximum absolute atomic E-state index is 12.4. The first-order valence-corrected chi connectivity index (χ1v) is 9.75. The van der Waals surface area contributed by atoms with Crippen molar-refractivity contribution in [2.45, 2.75) is 46.1 Å². The minimum Gasteiger partial charge on any atom is -0.340 e.